The van der Waals surface area contributed by atoms with E-state index < -0.39 is 0 Å². The van der Waals surface area contributed by atoms with Crippen LogP contribution in [0.1, 0.15) is 33.3 Å². The highest BCUT2D eigenvalue weighted by atomic mass is 32.1. The Morgan fingerprint density at radius 1 is 1.20 bits per heavy atom. The summed E-state index contributed by atoms with van der Waals surface area (Å²) in [5.74, 6) is 0. The van der Waals surface area contributed by atoms with Crippen molar-refractivity contribution in [3.05, 3.63) is 28.5 Å². The zero-order valence-corrected chi connectivity index (χ0v) is 13.9. The first kappa shape index (κ1) is 15.3. The summed E-state index contributed by atoms with van der Waals surface area (Å²) in [4.78, 5) is 5.80. The highest BCUT2D eigenvalue weighted by Crippen LogP contribution is 2.16. The molecule has 0 aliphatic heterocycles. The lowest BCUT2D eigenvalue weighted by Crippen LogP contribution is -2.39. The molecule has 2 aromatic rings. The summed E-state index contributed by atoms with van der Waals surface area (Å²) < 4.78 is 3.03. The van der Waals surface area contributed by atoms with Gasteiger partial charge in [0.05, 0.1) is 11.0 Å². The molecule has 2 rings (SSSR count). The molecule has 0 fully saturated rings. The fourth-order valence-corrected chi connectivity index (χ4v) is 3.13. The minimum absolute atomic E-state index is 0.552. The number of nitrogens with zero attached hydrogens (tertiary/aromatic N) is 2. The van der Waals surface area contributed by atoms with Crippen LogP contribution in [0.5, 0.6) is 0 Å². The Kier molecular flexibility index (Phi) is 4.66. The molecule has 0 atom stereocenters. The Morgan fingerprint density at radius 2 is 1.85 bits per heavy atom. The highest BCUT2D eigenvalue weighted by Gasteiger charge is 2.14. The lowest BCUT2D eigenvalue weighted by Gasteiger charge is -2.30. The van der Waals surface area contributed by atoms with Crippen molar-refractivity contribution in [1.29, 1.82) is 0 Å². The molecule has 0 amide bonds. The summed E-state index contributed by atoms with van der Waals surface area (Å²) in [6, 6.07) is 7.56. The topological polar surface area (TPSA) is 24.0 Å². The Hall–Kier alpha value is -1.13. The fourth-order valence-electron chi connectivity index (χ4n) is 2.83. The van der Waals surface area contributed by atoms with Gasteiger partial charge < -0.3 is 9.55 Å². The summed E-state index contributed by atoms with van der Waals surface area (Å²) >= 11 is 5.47. The lowest BCUT2D eigenvalue weighted by molar-refractivity contribution is 0.168. The molecule has 0 saturated heterocycles. The second-order valence-electron chi connectivity index (χ2n) is 6.03. The lowest BCUT2D eigenvalue weighted by atomic mass is 10.2. The standard InChI is InChI=1S/C16H25N3S/c1-11(2)18(12(3)4)8-9-19-15-7-6-13(5)10-14(15)17-16(19)20/h6-7,10-12H,8-9H2,1-5H3,(H,17,20). The quantitative estimate of drug-likeness (QED) is 0.838. The van der Waals surface area contributed by atoms with E-state index in [1.165, 1.54) is 11.1 Å². The van der Waals surface area contributed by atoms with E-state index in [9.17, 15) is 0 Å². The van der Waals surface area contributed by atoms with E-state index in [-0.39, 0.29) is 0 Å². The first-order valence-electron chi connectivity index (χ1n) is 7.35. The monoisotopic (exact) mass is 291 g/mol. The van der Waals surface area contributed by atoms with Crippen LogP contribution in [0.15, 0.2) is 18.2 Å². The predicted octanol–water partition coefficient (Wildman–Crippen LogP) is 4.13. The smallest absolute Gasteiger partial charge is 0.178 e. The van der Waals surface area contributed by atoms with E-state index in [1.807, 2.05) is 0 Å². The molecule has 110 valence electrons. The van der Waals surface area contributed by atoms with Crippen LogP contribution in [-0.4, -0.2) is 33.1 Å². The van der Waals surface area contributed by atoms with E-state index in [0.29, 0.717) is 12.1 Å². The van der Waals surface area contributed by atoms with E-state index in [0.717, 1.165) is 23.4 Å². The van der Waals surface area contributed by atoms with Gasteiger partial charge >= 0.3 is 0 Å². The normalized spacial score (nSPS) is 12.2. The fraction of sp³-hybridized carbons (Fsp3) is 0.562. The van der Waals surface area contributed by atoms with Crippen LogP contribution in [0.25, 0.3) is 11.0 Å². The Bertz CT molecular complexity index is 629. The Balaban J connectivity index is 2.26. The number of hydrogen-bond acceptors (Lipinski definition) is 2. The van der Waals surface area contributed by atoms with Gasteiger partial charge in [-0.3, -0.25) is 4.90 Å². The molecule has 0 spiro atoms. The molecule has 1 aromatic carbocycles. The van der Waals surface area contributed by atoms with Crippen molar-refractivity contribution in [2.45, 2.75) is 53.2 Å². The van der Waals surface area contributed by atoms with E-state index in [1.54, 1.807) is 0 Å². The number of H-pyrrole nitrogens is 1. The van der Waals surface area contributed by atoms with Gasteiger partial charge in [-0.25, -0.2) is 0 Å². The van der Waals surface area contributed by atoms with Crippen molar-refractivity contribution in [3.8, 4) is 0 Å². The van der Waals surface area contributed by atoms with Gasteiger partial charge in [0.25, 0.3) is 0 Å². The predicted molar refractivity (Wildman–Crippen MR) is 88.8 cm³/mol. The molecule has 0 saturated carbocycles. The molecule has 4 heteroatoms. The second-order valence-corrected chi connectivity index (χ2v) is 6.41. The number of nitrogens with one attached hydrogen (secondary N) is 1. The minimum atomic E-state index is 0.552. The maximum atomic E-state index is 5.47. The summed E-state index contributed by atoms with van der Waals surface area (Å²) in [6.45, 7) is 13.0. The molecular formula is C16H25N3S. The first-order valence-corrected chi connectivity index (χ1v) is 7.76. The van der Waals surface area contributed by atoms with Gasteiger partial charge in [-0.2, -0.15) is 0 Å². The molecule has 3 nitrogen and oxygen atoms in total. The largest absolute Gasteiger partial charge is 0.331 e. The number of aromatic nitrogens is 2. The zero-order valence-electron chi connectivity index (χ0n) is 13.1. The van der Waals surface area contributed by atoms with Crippen molar-refractivity contribution >= 4 is 23.3 Å². The number of aryl methyl sites for hydroxylation is 1. The summed E-state index contributed by atoms with van der Waals surface area (Å²) in [7, 11) is 0. The third-order valence-corrected chi connectivity index (χ3v) is 4.16. The van der Waals surface area contributed by atoms with E-state index in [2.05, 4.69) is 67.3 Å². The van der Waals surface area contributed by atoms with Crippen molar-refractivity contribution in [1.82, 2.24) is 14.5 Å². The number of aromatic amines is 1. The molecule has 0 bridgehead atoms. The first-order chi connectivity index (χ1) is 9.40. The van der Waals surface area contributed by atoms with Crippen LogP contribution in [0.4, 0.5) is 0 Å². The zero-order chi connectivity index (χ0) is 14.9. The summed E-state index contributed by atoms with van der Waals surface area (Å²) in [5.41, 5.74) is 3.59. The molecule has 0 radical (unpaired) electrons. The van der Waals surface area contributed by atoms with Crippen LogP contribution in [0.3, 0.4) is 0 Å². The van der Waals surface area contributed by atoms with Gasteiger partial charge in [0.2, 0.25) is 0 Å². The molecule has 1 N–H and O–H groups in total. The minimum Gasteiger partial charge on any atom is -0.331 e. The van der Waals surface area contributed by atoms with Gasteiger partial charge in [0.15, 0.2) is 4.77 Å². The molecule has 0 unspecified atom stereocenters. The van der Waals surface area contributed by atoms with Gasteiger partial charge in [-0.05, 0) is 64.5 Å². The van der Waals surface area contributed by atoms with Gasteiger partial charge in [0.1, 0.15) is 0 Å². The summed E-state index contributed by atoms with van der Waals surface area (Å²) in [6.07, 6.45) is 0. The molecule has 1 heterocycles. The molecule has 1 aromatic heterocycles. The van der Waals surface area contributed by atoms with E-state index in [4.69, 9.17) is 12.2 Å². The number of benzene rings is 1. The Labute approximate surface area is 126 Å². The average Bonchev–Trinajstić information content (AvgIpc) is 2.64. The molecule has 20 heavy (non-hydrogen) atoms. The maximum Gasteiger partial charge on any atom is 0.178 e. The average molecular weight is 291 g/mol. The SMILES string of the molecule is Cc1ccc2c(c1)[nH]c(=S)n2CCN(C(C)C)C(C)C. The van der Waals surface area contributed by atoms with Crippen LogP contribution >= 0.6 is 12.2 Å². The van der Waals surface area contributed by atoms with E-state index >= 15 is 0 Å². The third-order valence-electron chi connectivity index (χ3n) is 3.84. The maximum absolute atomic E-state index is 5.47. The van der Waals surface area contributed by atoms with Crippen LogP contribution in [0.2, 0.25) is 0 Å². The molecule has 0 aliphatic carbocycles. The second kappa shape index (κ2) is 6.10. The van der Waals surface area contributed by atoms with Gasteiger partial charge in [-0.1, -0.05) is 6.07 Å². The van der Waals surface area contributed by atoms with Crippen LogP contribution in [-0.2, 0) is 6.54 Å². The van der Waals surface area contributed by atoms with Gasteiger partial charge in [0, 0.05) is 25.2 Å². The van der Waals surface area contributed by atoms with Gasteiger partial charge in [-0.15, -0.1) is 0 Å². The van der Waals surface area contributed by atoms with Crippen molar-refractivity contribution in [2.24, 2.45) is 0 Å². The van der Waals surface area contributed by atoms with Crippen LogP contribution in [0, 0.1) is 11.7 Å². The van der Waals surface area contributed by atoms with Crippen molar-refractivity contribution in [2.75, 3.05) is 6.54 Å². The third kappa shape index (κ3) is 3.13. The number of hydrogen-bond donors (Lipinski definition) is 1. The highest BCUT2D eigenvalue weighted by molar-refractivity contribution is 7.71. The summed E-state index contributed by atoms with van der Waals surface area (Å²) in [5, 5.41) is 0. The van der Waals surface area contributed by atoms with Crippen molar-refractivity contribution < 1.29 is 0 Å². The number of fused-ring (bicyclic) bond motifs is 1. The van der Waals surface area contributed by atoms with Crippen LogP contribution < -0.4 is 0 Å². The van der Waals surface area contributed by atoms with Crippen molar-refractivity contribution in [3.63, 3.8) is 0 Å². The molecular weight excluding hydrogens is 266 g/mol. The number of rotatable bonds is 5. The number of imidazole rings is 1. The molecule has 0 aliphatic rings. The Morgan fingerprint density at radius 3 is 2.45 bits per heavy atom.